The highest BCUT2D eigenvalue weighted by atomic mass is 14.5. The van der Waals surface area contributed by atoms with Crippen LogP contribution in [0.2, 0.25) is 0 Å². The Kier molecular flexibility index (Phi) is 5.72. The minimum Gasteiger partial charge on any atom is -0.0654 e. The van der Waals surface area contributed by atoms with Crippen LogP contribution in [0.15, 0.2) is 72.8 Å². The Labute approximate surface area is 205 Å². The molecule has 0 heteroatoms. The molecule has 0 unspecified atom stereocenters. The minimum atomic E-state index is -0.313. The Morgan fingerprint density at radius 1 is 0.529 bits per heavy atom. The predicted molar refractivity (Wildman–Crippen MR) is 146 cm³/mol. The van der Waals surface area contributed by atoms with Gasteiger partial charge >= 0.3 is 0 Å². The van der Waals surface area contributed by atoms with Crippen LogP contribution in [-0.4, -0.2) is 0 Å². The fourth-order valence-electron chi connectivity index (χ4n) is 6.14. The van der Waals surface area contributed by atoms with Crippen molar-refractivity contribution in [1.82, 2.24) is 0 Å². The minimum absolute atomic E-state index is 0.313. The second-order valence-electron chi connectivity index (χ2n) is 10.5. The molecule has 4 aromatic carbocycles. The average molecular weight is 445 g/mol. The van der Waals surface area contributed by atoms with E-state index in [-0.39, 0.29) is 5.41 Å². The molecule has 0 spiro atoms. The molecular weight excluding hydrogens is 408 g/mol. The molecule has 0 saturated carbocycles. The highest BCUT2D eigenvalue weighted by Crippen LogP contribution is 2.57. The monoisotopic (exact) mass is 444 g/mol. The van der Waals surface area contributed by atoms with Crippen LogP contribution in [0.4, 0.5) is 0 Å². The Balaban J connectivity index is 1.95. The van der Waals surface area contributed by atoms with Crippen LogP contribution in [0, 0.1) is 34.6 Å². The molecule has 4 aromatic rings. The van der Waals surface area contributed by atoms with Crippen LogP contribution >= 0.6 is 0 Å². The molecule has 0 nitrogen and oxygen atoms in total. The quantitative estimate of drug-likeness (QED) is 0.254. The Morgan fingerprint density at radius 3 is 1.56 bits per heavy atom. The Morgan fingerprint density at radius 2 is 1.03 bits per heavy atom. The summed E-state index contributed by atoms with van der Waals surface area (Å²) in [6, 6.07) is 28.6. The van der Waals surface area contributed by atoms with Crippen LogP contribution in [-0.2, 0) is 11.8 Å². The van der Waals surface area contributed by atoms with Crippen molar-refractivity contribution in [3.63, 3.8) is 0 Å². The van der Waals surface area contributed by atoms with Crippen molar-refractivity contribution >= 4 is 0 Å². The molecule has 0 bridgehead atoms. The van der Waals surface area contributed by atoms with E-state index in [1.165, 1.54) is 79.6 Å². The molecule has 0 fully saturated rings. The van der Waals surface area contributed by atoms with E-state index < -0.39 is 0 Å². The van der Waals surface area contributed by atoms with E-state index in [1.807, 2.05) is 0 Å². The SMILES string of the molecule is CCCCc1cc(C)cc(C2(c3cc(C)cc(C)c3)c3cc(C)ccc3-c3ccc(C)cc32)c1. The van der Waals surface area contributed by atoms with E-state index in [2.05, 4.69) is 114 Å². The molecule has 0 atom stereocenters. The van der Waals surface area contributed by atoms with Gasteiger partial charge in [-0.2, -0.15) is 0 Å². The molecule has 0 aromatic heterocycles. The van der Waals surface area contributed by atoms with Crippen LogP contribution in [0.25, 0.3) is 11.1 Å². The van der Waals surface area contributed by atoms with Gasteiger partial charge in [0.15, 0.2) is 0 Å². The predicted octanol–water partition coefficient (Wildman–Crippen LogP) is 8.93. The topological polar surface area (TPSA) is 0 Å². The third-order valence-electron chi connectivity index (χ3n) is 7.49. The van der Waals surface area contributed by atoms with Gasteiger partial charge in [0.05, 0.1) is 5.41 Å². The summed E-state index contributed by atoms with van der Waals surface area (Å²) in [5, 5.41) is 0. The number of fused-ring (bicyclic) bond motifs is 3. The molecule has 0 saturated heterocycles. The normalized spacial score (nSPS) is 13.6. The maximum atomic E-state index is 2.50. The summed E-state index contributed by atoms with van der Waals surface area (Å²) in [4.78, 5) is 0. The van der Waals surface area contributed by atoms with Crippen LogP contribution in [0.5, 0.6) is 0 Å². The van der Waals surface area contributed by atoms with Crippen LogP contribution < -0.4 is 0 Å². The van der Waals surface area contributed by atoms with Gasteiger partial charge in [-0.3, -0.25) is 0 Å². The van der Waals surface area contributed by atoms with Gasteiger partial charge in [-0.15, -0.1) is 0 Å². The van der Waals surface area contributed by atoms with Gasteiger partial charge in [0.25, 0.3) is 0 Å². The standard InChI is InChI=1S/C34H36/c1-7-8-9-27-15-26(6)18-29(21-27)34(28-16-24(4)14-25(5)17-28)32-19-22(2)10-12-30(32)31-13-11-23(3)20-33(31)34/h10-21H,7-9H2,1-6H3. The van der Waals surface area contributed by atoms with Gasteiger partial charge in [-0.25, -0.2) is 0 Å². The van der Waals surface area contributed by atoms with Crippen molar-refractivity contribution in [2.45, 2.75) is 66.2 Å². The van der Waals surface area contributed by atoms with Gasteiger partial charge in [0.1, 0.15) is 0 Å². The molecule has 1 aliphatic rings. The number of hydrogen-bond acceptors (Lipinski definition) is 0. The van der Waals surface area contributed by atoms with Gasteiger partial charge in [0.2, 0.25) is 0 Å². The van der Waals surface area contributed by atoms with Crippen molar-refractivity contribution in [3.05, 3.63) is 128 Å². The Bertz CT molecular complexity index is 1310. The first-order valence-corrected chi connectivity index (χ1v) is 12.8. The average Bonchev–Trinajstić information content (AvgIpc) is 3.06. The number of hydrogen-bond donors (Lipinski definition) is 0. The van der Waals surface area contributed by atoms with Crippen molar-refractivity contribution in [2.24, 2.45) is 0 Å². The molecule has 0 radical (unpaired) electrons. The lowest BCUT2D eigenvalue weighted by Gasteiger charge is -2.35. The van der Waals surface area contributed by atoms with E-state index in [9.17, 15) is 0 Å². The highest BCUT2D eigenvalue weighted by Gasteiger charge is 2.46. The summed E-state index contributed by atoms with van der Waals surface area (Å²) < 4.78 is 0. The smallest absolute Gasteiger partial charge is 0.0654 e. The fourth-order valence-corrected chi connectivity index (χ4v) is 6.14. The summed E-state index contributed by atoms with van der Waals surface area (Å²) in [5.41, 5.74) is 16.1. The zero-order valence-electron chi connectivity index (χ0n) is 21.5. The molecule has 0 N–H and O–H groups in total. The summed E-state index contributed by atoms with van der Waals surface area (Å²) in [6.07, 6.45) is 3.58. The van der Waals surface area contributed by atoms with Crippen LogP contribution in [0.3, 0.4) is 0 Å². The summed E-state index contributed by atoms with van der Waals surface area (Å²) in [7, 11) is 0. The van der Waals surface area contributed by atoms with Gasteiger partial charge < -0.3 is 0 Å². The van der Waals surface area contributed by atoms with Crippen molar-refractivity contribution in [3.8, 4) is 11.1 Å². The number of rotatable bonds is 5. The molecule has 0 aliphatic heterocycles. The van der Waals surface area contributed by atoms with Crippen LogP contribution in [0.1, 0.15) is 75.4 Å². The van der Waals surface area contributed by atoms with E-state index in [0.29, 0.717) is 0 Å². The molecule has 0 amide bonds. The maximum Gasteiger partial charge on any atom is 0.0714 e. The molecule has 1 aliphatic carbocycles. The summed E-state index contributed by atoms with van der Waals surface area (Å²) >= 11 is 0. The van der Waals surface area contributed by atoms with Crippen molar-refractivity contribution in [1.29, 1.82) is 0 Å². The molecule has 34 heavy (non-hydrogen) atoms. The van der Waals surface area contributed by atoms with Gasteiger partial charge in [-0.1, -0.05) is 114 Å². The van der Waals surface area contributed by atoms with E-state index in [0.717, 1.165) is 6.42 Å². The highest BCUT2D eigenvalue weighted by molar-refractivity contribution is 5.87. The van der Waals surface area contributed by atoms with E-state index in [1.54, 1.807) is 0 Å². The summed E-state index contributed by atoms with van der Waals surface area (Å²) in [6.45, 7) is 13.5. The van der Waals surface area contributed by atoms with Crippen molar-refractivity contribution < 1.29 is 0 Å². The first kappa shape index (κ1) is 22.7. The maximum absolute atomic E-state index is 2.50. The van der Waals surface area contributed by atoms with E-state index >= 15 is 0 Å². The second kappa shape index (κ2) is 8.58. The molecular formula is C34H36. The first-order chi connectivity index (χ1) is 16.3. The number of aryl methyl sites for hydroxylation is 6. The number of unbranched alkanes of at least 4 members (excludes halogenated alkanes) is 1. The third-order valence-corrected chi connectivity index (χ3v) is 7.49. The molecule has 172 valence electrons. The Hall–Kier alpha value is -3.12. The molecule has 5 rings (SSSR count). The fraction of sp³-hybridized carbons (Fsp3) is 0.294. The lowest BCUT2D eigenvalue weighted by Crippen LogP contribution is -2.29. The van der Waals surface area contributed by atoms with Gasteiger partial charge in [-0.05, 0) is 86.4 Å². The summed E-state index contributed by atoms with van der Waals surface area (Å²) in [5.74, 6) is 0. The second-order valence-corrected chi connectivity index (χ2v) is 10.5. The lowest BCUT2D eigenvalue weighted by atomic mass is 9.66. The zero-order chi connectivity index (χ0) is 24.0. The number of benzene rings is 4. The molecule has 0 heterocycles. The van der Waals surface area contributed by atoms with E-state index in [4.69, 9.17) is 0 Å². The third kappa shape index (κ3) is 3.61. The zero-order valence-corrected chi connectivity index (χ0v) is 21.5. The van der Waals surface area contributed by atoms with Crippen molar-refractivity contribution in [2.75, 3.05) is 0 Å². The largest absolute Gasteiger partial charge is 0.0714 e. The first-order valence-electron chi connectivity index (χ1n) is 12.8. The lowest BCUT2D eigenvalue weighted by molar-refractivity contribution is 0.752. The van der Waals surface area contributed by atoms with Gasteiger partial charge in [0, 0.05) is 0 Å².